The minimum Gasteiger partial charge on any atom is -0.496 e. The molecule has 2 fully saturated rings. The van der Waals surface area contributed by atoms with Crippen molar-refractivity contribution in [1.82, 2.24) is 10.2 Å². The Balaban J connectivity index is 1.73. The van der Waals surface area contributed by atoms with Gasteiger partial charge in [-0.25, -0.2) is 0 Å². The van der Waals surface area contributed by atoms with Crippen molar-refractivity contribution < 1.29 is 4.74 Å². The maximum Gasteiger partial charge on any atom is 0.123 e. The molecule has 1 aliphatic carbocycles. The summed E-state index contributed by atoms with van der Waals surface area (Å²) in [4.78, 5) is 2.64. The van der Waals surface area contributed by atoms with Gasteiger partial charge in [-0.05, 0) is 25.8 Å². The summed E-state index contributed by atoms with van der Waals surface area (Å²) in [7, 11) is 1.77. The van der Waals surface area contributed by atoms with Gasteiger partial charge in [-0.3, -0.25) is 4.90 Å². The summed E-state index contributed by atoms with van der Waals surface area (Å²) in [6.45, 7) is 5.61. The van der Waals surface area contributed by atoms with E-state index in [0.717, 1.165) is 18.8 Å². The van der Waals surface area contributed by atoms with Gasteiger partial charge in [0.2, 0.25) is 0 Å². The zero-order valence-corrected chi connectivity index (χ0v) is 13.4. The number of hydrogen-bond acceptors (Lipinski definition) is 3. The highest BCUT2D eigenvalue weighted by Gasteiger charge is 2.38. The van der Waals surface area contributed by atoms with Gasteiger partial charge in [0, 0.05) is 36.8 Å². The van der Waals surface area contributed by atoms with Crippen LogP contribution in [0.4, 0.5) is 0 Å². The molecule has 1 unspecified atom stereocenters. The maximum absolute atomic E-state index is 5.52. The molecule has 116 valence electrons. The van der Waals surface area contributed by atoms with Gasteiger partial charge in [0.15, 0.2) is 0 Å². The summed E-state index contributed by atoms with van der Waals surface area (Å²) in [5.41, 5.74) is 1.67. The third-order valence-corrected chi connectivity index (χ3v) is 5.28. The highest BCUT2D eigenvalue weighted by atomic mass is 16.5. The molecule has 1 aliphatic heterocycles. The van der Waals surface area contributed by atoms with Crippen LogP contribution in [0.1, 0.15) is 44.6 Å². The Kier molecular flexibility index (Phi) is 4.51. The highest BCUT2D eigenvalue weighted by Crippen LogP contribution is 2.33. The second kappa shape index (κ2) is 6.37. The van der Waals surface area contributed by atoms with E-state index in [1.807, 2.05) is 6.07 Å². The summed E-state index contributed by atoms with van der Waals surface area (Å²) < 4.78 is 5.52. The van der Waals surface area contributed by atoms with Crippen LogP contribution in [0.25, 0.3) is 0 Å². The Bertz CT molecular complexity index is 468. The SMILES string of the molecule is COc1ccccc1CN1CC2(CCCCC2)NCC1C. The van der Waals surface area contributed by atoms with Gasteiger partial charge in [-0.1, -0.05) is 37.5 Å². The smallest absolute Gasteiger partial charge is 0.123 e. The van der Waals surface area contributed by atoms with Crippen LogP contribution in [-0.4, -0.2) is 36.7 Å². The van der Waals surface area contributed by atoms with Crippen LogP contribution in [0, 0.1) is 0 Å². The summed E-state index contributed by atoms with van der Waals surface area (Å²) >= 11 is 0. The molecule has 1 atom stereocenters. The van der Waals surface area contributed by atoms with Crippen LogP contribution >= 0.6 is 0 Å². The number of hydrogen-bond donors (Lipinski definition) is 1. The molecule has 21 heavy (non-hydrogen) atoms. The molecular formula is C18H28N2O. The van der Waals surface area contributed by atoms with E-state index in [2.05, 4.69) is 35.3 Å². The van der Waals surface area contributed by atoms with Crippen molar-refractivity contribution in [1.29, 1.82) is 0 Å². The molecule has 0 amide bonds. The van der Waals surface area contributed by atoms with E-state index in [9.17, 15) is 0 Å². The number of methoxy groups -OCH3 is 1. The molecule has 0 radical (unpaired) electrons. The number of benzene rings is 1. The second-order valence-electron chi connectivity index (χ2n) is 6.79. The van der Waals surface area contributed by atoms with Crippen LogP contribution in [-0.2, 0) is 6.54 Å². The van der Waals surface area contributed by atoms with Gasteiger partial charge >= 0.3 is 0 Å². The summed E-state index contributed by atoms with van der Waals surface area (Å²) in [5, 5.41) is 3.86. The van der Waals surface area contributed by atoms with Crippen molar-refractivity contribution in [3.8, 4) is 5.75 Å². The number of piperazine rings is 1. The van der Waals surface area contributed by atoms with Gasteiger partial charge in [0.1, 0.15) is 5.75 Å². The Morgan fingerprint density at radius 1 is 1.24 bits per heavy atom. The molecule has 3 heteroatoms. The summed E-state index contributed by atoms with van der Waals surface area (Å²) in [6, 6.07) is 9.01. The standard InChI is InChI=1S/C18H28N2O/c1-15-12-19-18(10-6-3-7-11-18)14-20(15)13-16-8-4-5-9-17(16)21-2/h4-5,8-9,15,19H,3,6-7,10-14H2,1-2H3. The first kappa shape index (κ1) is 14.9. The van der Waals surface area contributed by atoms with E-state index in [1.54, 1.807) is 7.11 Å². The Morgan fingerprint density at radius 2 is 2.00 bits per heavy atom. The first-order chi connectivity index (χ1) is 10.2. The quantitative estimate of drug-likeness (QED) is 0.924. The lowest BCUT2D eigenvalue weighted by Gasteiger charge is -2.49. The molecule has 1 heterocycles. The second-order valence-corrected chi connectivity index (χ2v) is 6.79. The average molecular weight is 288 g/mol. The van der Waals surface area contributed by atoms with Crippen molar-refractivity contribution in [2.75, 3.05) is 20.2 Å². The van der Waals surface area contributed by atoms with Crippen LogP contribution in [0.3, 0.4) is 0 Å². The van der Waals surface area contributed by atoms with Crippen molar-refractivity contribution in [3.05, 3.63) is 29.8 Å². The molecule has 1 aromatic rings. The molecular weight excluding hydrogens is 260 g/mol. The van der Waals surface area contributed by atoms with Crippen molar-refractivity contribution in [2.24, 2.45) is 0 Å². The lowest BCUT2D eigenvalue weighted by atomic mass is 9.79. The molecule has 3 nitrogen and oxygen atoms in total. The minimum atomic E-state index is 0.368. The van der Waals surface area contributed by atoms with Crippen molar-refractivity contribution in [2.45, 2.75) is 57.2 Å². The molecule has 1 spiro atoms. The molecule has 1 saturated carbocycles. The molecule has 0 bridgehead atoms. The van der Waals surface area contributed by atoms with Crippen LogP contribution in [0.15, 0.2) is 24.3 Å². The predicted octanol–water partition coefficient (Wildman–Crippen LogP) is 3.19. The first-order valence-electron chi connectivity index (χ1n) is 8.33. The van der Waals surface area contributed by atoms with Crippen molar-refractivity contribution >= 4 is 0 Å². The van der Waals surface area contributed by atoms with Gasteiger partial charge in [-0.2, -0.15) is 0 Å². The van der Waals surface area contributed by atoms with Gasteiger partial charge < -0.3 is 10.1 Å². The van der Waals surface area contributed by atoms with E-state index in [0.29, 0.717) is 11.6 Å². The normalized spacial score (nSPS) is 25.9. The fourth-order valence-electron chi connectivity index (χ4n) is 3.92. The van der Waals surface area contributed by atoms with E-state index in [4.69, 9.17) is 4.74 Å². The lowest BCUT2D eigenvalue weighted by Crippen LogP contribution is -2.63. The summed E-state index contributed by atoms with van der Waals surface area (Å²) in [6.07, 6.45) is 6.84. The van der Waals surface area contributed by atoms with E-state index < -0.39 is 0 Å². The van der Waals surface area contributed by atoms with Gasteiger partial charge in [-0.15, -0.1) is 0 Å². The molecule has 1 N–H and O–H groups in total. The van der Waals surface area contributed by atoms with E-state index in [-0.39, 0.29) is 0 Å². The molecule has 2 aliphatic rings. The zero-order valence-electron chi connectivity index (χ0n) is 13.4. The third kappa shape index (κ3) is 3.24. The van der Waals surface area contributed by atoms with Crippen LogP contribution < -0.4 is 10.1 Å². The van der Waals surface area contributed by atoms with E-state index >= 15 is 0 Å². The predicted molar refractivity (Wildman–Crippen MR) is 86.7 cm³/mol. The molecule has 1 aromatic carbocycles. The maximum atomic E-state index is 5.52. The average Bonchev–Trinajstić information content (AvgIpc) is 2.53. The minimum absolute atomic E-state index is 0.368. The van der Waals surface area contributed by atoms with Gasteiger partial charge in [0.05, 0.1) is 7.11 Å². The number of para-hydroxylation sites is 1. The topological polar surface area (TPSA) is 24.5 Å². The fourth-order valence-corrected chi connectivity index (χ4v) is 3.92. The van der Waals surface area contributed by atoms with Gasteiger partial charge in [0.25, 0.3) is 0 Å². The van der Waals surface area contributed by atoms with Crippen LogP contribution in [0.2, 0.25) is 0 Å². The largest absolute Gasteiger partial charge is 0.496 e. The van der Waals surface area contributed by atoms with Crippen LogP contribution in [0.5, 0.6) is 5.75 Å². The third-order valence-electron chi connectivity index (χ3n) is 5.28. The summed E-state index contributed by atoms with van der Waals surface area (Å²) in [5.74, 6) is 1.01. The number of nitrogens with one attached hydrogen (secondary N) is 1. The van der Waals surface area contributed by atoms with E-state index in [1.165, 1.54) is 44.2 Å². The zero-order chi connectivity index (χ0) is 14.7. The number of nitrogens with zero attached hydrogens (tertiary/aromatic N) is 1. The Hall–Kier alpha value is -1.06. The number of ether oxygens (including phenoxy) is 1. The lowest BCUT2D eigenvalue weighted by molar-refractivity contribution is 0.0568. The molecule has 1 saturated heterocycles. The number of rotatable bonds is 3. The first-order valence-corrected chi connectivity index (χ1v) is 8.33. The monoisotopic (exact) mass is 288 g/mol. The fraction of sp³-hybridized carbons (Fsp3) is 0.667. The van der Waals surface area contributed by atoms with Crippen molar-refractivity contribution in [3.63, 3.8) is 0 Å². The Morgan fingerprint density at radius 3 is 2.76 bits per heavy atom. The molecule has 0 aromatic heterocycles. The molecule has 3 rings (SSSR count). The highest BCUT2D eigenvalue weighted by molar-refractivity contribution is 5.33. The Labute approximate surface area is 128 Å².